The molecule has 72 heavy (non-hydrogen) atoms. The average Bonchev–Trinajstić information content (AvgIpc) is 4.07. The molecule has 372 valence electrons. The van der Waals surface area contributed by atoms with E-state index in [-0.39, 0.29) is 13.2 Å². The smallest absolute Gasteiger partial charge is 0.377 e. The number of phosphoric ester groups is 1. The van der Waals surface area contributed by atoms with Gasteiger partial charge in [-0.05, 0) is 76.9 Å². The maximum atomic E-state index is 16.3. The first-order chi connectivity index (χ1) is 34.8. The fraction of sp³-hybridized carbons (Fsp3) is 0.275. The second-order valence-corrected chi connectivity index (χ2v) is 18.9. The van der Waals surface area contributed by atoms with Crippen LogP contribution in [0.1, 0.15) is 48.7 Å². The normalized spacial score (nSPS) is 15.0. The molecule has 0 saturated carbocycles. The summed E-state index contributed by atoms with van der Waals surface area (Å²) in [6, 6.07) is 36.7. The van der Waals surface area contributed by atoms with Gasteiger partial charge in [0.15, 0.2) is 5.60 Å². The summed E-state index contributed by atoms with van der Waals surface area (Å²) in [5.74, 6) is -4.69. The highest BCUT2D eigenvalue weighted by Crippen LogP contribution is 2.53. The minimum atomic E-state index is -4.15. The predicted octanol–water partition coefficient (Wildman–Crippen LogP) is 8.52. The SMILES string of the molecule is CC[C@@H]([C@H](C)OP(=O)(OCc1ccccc1)OCc1ccccc1)n1ncn(-c2ccc(N3CCN(c4ccc(-c5ccc(C(F)(F)[C@@](O)(Cn6cnnn6)c6ccccc6F)nc5)cc4)CC3)cn2)c1=O. The van der Waals surface area contributed by atoms with E-state index in [4.69, 9.17) is 13.6 Å². The largest absolute Gasteiger partial charge is 0.475 e. The number of hydrogen-bond acceptors (Lipinski definition) is 14. The van der Waals surface area contributed by atoms with Gasteiger partial charge < -0.3 is 14.9 Å². The lowest BCUT2D eigenvalue weighted by atomic mass is 9.84. The molecule has 1 N–H and O–H groups in total. The average molecular weight is 1000 g/mol. The number of anilines is 2. The van der Waals surface area contributed by atoms with Gasteiger partial charge in [-0.1, -0.05) is 104 Å². The summed E-state index contributed by atoms with van der Waals surface area (Å²) < 4.78 is 83.0. The third-order valence-corrected chi connectivity index (χ3v) is 14.1. The van der Waals surface area contributed by atoms with Crippen molar-refractivity contribution in [2.24, 2.45) is 0 Å². The number of hydrogen-bond donors (Lipinski definition) is 1. The molecule has 0 amide bonds. The summed E-state index contributed by atoms with van der Waals surface area (Å²) in [5, 5.41) is 26.5. The van der Waals surface area contributed by atoms with Crippen molar-refractivity contribution in [2.75, 3.05) is 36.0 Å². The Balaban J connectivity index is 0.812. The van der Waals surface area contributed by atoms with E-state index in [0.717, 1.165) is 57.3 Å². The highest BCUT2D eigenvalue weighted by Gasteiger charge is 2.58. The summed E-state index contributed by atoms with van der Waals surface area (Å²) in [7, 11) is -4.15. The van der Waals surface area contributed by atoms with E-state index in [1.807, 2.05) is 97.9 Å². The van der Waals surface area contributed by atoms with Crippen molar-refractivity contribution in [1.29, 1.82) is 0 Å². The van der Waals surface area contributed by atoms with Crippen molar-refractivity contribution >= 4 is 19.2 Å². The summed E-state index contributed by atoms with van der Waals surface area (Å²) in [4.78, 5) is 27.0. The van der Waals surface area contributed by atoms with Crippen molar-refractivity contribution in [3.8, 4) is 16.9 Å². The van der Waals surface area contributed by atoms with Crippen LogP contribution in [0.2, 0.25) is 0 Å². The zero-order valence-electron chi connectivity index (χ0n) is 39.3. The maximum Gasteiger partial charge on any atom is 0.475 e. The van der Waals surface area contributed by atoms with Crippen LogP contribution in [-0.4, -0.2) is 81.9 Å². The summed E-state index contributed by atoms with van der Waals surface area (Å²) in [6.07, 6.45) is 5.10. The zero-order valence-corrected chi connectivity index (χ0v) is 40.2. The van der Waals surface area contributed by atoms with E-state index < -0.39 is 60.8 Å². The first-order valence-electron chi connectivity index (χ1n) is 23.2. The Morgan fingerprint density at radius 3 is 1.92 bits per heavy atom. The van der Waals surface area contributed by atoms with Crippen molar-refractivity contribution < 1.29 is 36.4 Å². The van der Waals surface area contributed by atoms with Gasteiger partial charge in [-0.3, -0.25) is 18.6 Å². The number of halogens is 3. The lowest BCUT2D eigenvalue weighted by Gasteiger charge is -2.37. The van der Waals surface area contributed by atoms with E-state index in [2.05, 4.69) is 40.4 Å². The van der Waals surface area contributed by atoms with Crippen molar-refractivity contribution in [3.05, 3.63) is 197 Å². The minimum absolute atomic E-state index is 0.00680. The summed E-state index contributed by atoms with van der Waals surface area (Å²) in [5.41, 5.74) is -0.156. The third kappa shape index (κ3) is 10.8. The Labute approximate surface area is 412 Å². The van der Waals surface area contributed by atoms with Gasteiger partial charge in [0.2, 0.25) is 0 Å². The van der Waals surface area contributed by atoms with E-state index in [0.29, 0.717) is 44.0 Å². The second kappa shape index (κ2) is 21.6. The van der Waals surface area contributed by atoms with Gasteiger partial charge in [0, 0.05) is 49.2 Å². The number of tetrazole rings is 1. The third-order valence-electron chi connectivity index (χ3n) is 12.6. The van der Waals surface area contributed by atoms with Crippen LogP contribution in [0.4, 0.5) is 24.5 Å². The van der Waals surface area contributed by atoms with Gasteiger partial charge in [-0.2, -0.15) is 13.9 Å². The molecule has 1 fully saturated rings. The molecule has 0 bridgehead atoms. The molecule has 8 aromatic rings. The predicted molar refractivity (Wildman–Crippen MR) is 262 cm³/mol. The van der Waals surface area contributed by atoms with Crippen LogP contribution >= 0.6 is 7.82 Å². The number of phosphoric acid groups is 1. The van der Waals surface area contributed by atoms with Crippen molar-refractivity contribution in [1.82, 2.24) is 44.5 Å². The molecule has 1 aliphatic heterocycles. The maximum absolute atomic E-state index is 16.3. The number of nitrogens with zero attached hydrogens (tertiary/aromatic N) is 11. The number of aromatic nitrogens is 9. The molecule has 0 spiro atoms. The van der Waals surface area contributed by atoms with Gasteiger partial charge in [0.25, 0.3) is 0 Å². The van der Waals surface area contributed by atoms with Crippen LogP contribution in [0.25, 0.3) is 16.9 Å². The van der Waals surface area contributed by atoms with Crippen LogP contribution in [0.3, 0.4) is 0 Å². The van der Waals surface area contributed by atoms with Crippen molar-refractivity contribution in [2.45, 2.75) is 63.7 Å². The Bertz CT molecular complexity index is 3080. The topological polar surface area (TPSA) is 181 Å². The Hall–Kier alpha value is -7.35. The number of pyridine rings is 2. The number of piperazine rings is 1. The molecule has 17 nitrogen and oxygen atoms in total. The molecule has 1 aliphatic rings. The number of alkyl halides is 2. The monoisotopic (exact) mass is 1000 g/mol. The molecule has 0 radical (unpaired) electrons. The molecule has 0 unspecified atom stereocenters. The van der Waals surface area contributed by atoms with Gasteiger partial charge >= 0.3 is 19.4 Å². The molecule has 21 heteroatoms. The van der Waals surface area contributed by atoms with E-state index in [9.17, 15) is 18.9 Å². The lowest BCUT2D eigenvalue weighted by Crippen LogP contribution is -2.48. The fourth-order valence-electron chi connectivity index (χ4n) is 8.63. The van der Waals surface area contributed by atoms with Crippen molar-refractivity contribution in [3.63, 3.8) is 0 Å². The second-order valence-electron chi connectivity index (χ2n) is 17.2. The quantitative estimate of drug-likeness (QED) is 0.0718. The number of aliphatic hydroxyl groups is 1. The number of benzene rings is 4. The lowest BCUT2D eigenvalue weighted by molar-refractivity contribution is -0.207. The van der Waals surface area contributed by atoms with E-state index >= 15 is 8.78 Å². The van der Waals surface area contributed by atoms with Crippen LogP contribution < -0.4 is 15.5 Å². The first kappa shape index (κ1) is 49.6. The Morgan fingerprint density at radius 1 is 0.736 bits per heavy atom. The van der Waals surface area contributed by atoms with E-state index in [1.165, 1.54) is 40.0 Å². The van der Waals surface area contributed by atoms with Crippen LogP contribution in [0, 0.1) is 5.82 Å². The molecular weight excluding hydrogens is 951 g/mol. The fourth-order valence-corrected chi connectivity index (χ4v) is 9.99. The molecule has 5 heterocycles. The highest BCUT2D eigenvalue weighted by molar-refractivity contribution is 7.48. The van der Waals surface area contributed by atoms with Gasteiger partial charge in [-0.15, -0.1) is 5.10 Å². The molecule has 3 atom stereocenters. The summed E-state index contributed by atoms with van der Waals surface area (Å²) in [6.45, 7) is 5.53. The molecule has 9 rings (SSSR count). The van der Waals surface area contributed by atoms with Crippen LogP contribution in [-0.2, 0) is 49.4 Å². The van der Waals surface area contributed by atoms with Gasteiger partial charge in [0.1, 0.15) is 30.0 Å². The standard InChI is InChI=1S/C51H51F3N11O6P/c1-3-46(37(2)71-72(68,69-32-38-12-6-4-7-13-38)70-33-39-14-8-5-9-15-39)65-49(66)64(36-58-65)48-25-23-43(31-56-48)62-28-26-61(27-29-62)42-21-18-40(19-22-42)41-20-24-47(55-30-41)51(53,54)50(67,34-63-35-57-59-60-63)44-16-10-11-17-45(44)52/h4-25,30-31,35-37,46,67H,3,26-29,32-34H2,1-2H3/t37-,46-,50+/m0/s1. The minimum Gasteiger partial charge on any atom is -0.377 e. The molecule has 4 aromatic carbocycles. The van der Waals surface area contributed by atoms with Gasteiger partial charge in [0.05, 0.1) is 43.8 Å². The molecule has 4 aromatic heterocycles. The number of rotatable bonds is 20. The molecule has 1 saturated heterocycles. The van der Waals surface area contributed by atoms with Crippen LogP contribution in [0.15, 0.2) is 163 Å². The molecular formula is C51H51F3N11O6P. The Kier molecular flexibility index (Phi) is 14.9. The van der Waals surface area contributed by atoms with Gasteiger partial charge in [-0.25, -0.2) is 32.7 Å². The zero-order chi connectivity index (χ0) is 50.3. The summed E-state index contributed by atoms with van der Waals surface area (Å²) >= 11 is 0. The Morgan fingerprint density at radius 2 is 1.35 bits per heavy atom. The first-order valence-corrected chi connectivity index (χ1v) is 24.7. The van der Waals surface area contributed by atoms with E-state index in [1.54, 1.807) is 19.2 Å². The molecule has 0 aliphatic carbocycles. The van der Waals surface area contributed by atoms with Crippen LogP contribution in [0.5, 0.6) is 0 Å². The highest BCUT2D eigenvalue weighted by atomic mass is 31.2.